The van der Waals surface area contributed by atoms with E-state index in [0.29, 0.717) is 6.42 Å². The van der Waals surface area contributed by atoms with Gasteiger partial charge in [-0.25, -0.2) is 17.5 Å². The lowest BCUT2D eigenvalue weighted by atomic mass is 10.1. The first kappa shape index (κ1) is 17.6. The average molecular weight is 313 g/mol. The van der Waals surface area contributed by atoms with Crippen LogP contribution in [-0.4, -0.2) is 26.2 Å². The van der Waals surface area contributed by atoms with Crippen LogP contribution in [0.5, 0.6) is 0 Å². The molecule has 0 heterocycles. The summed E-state index contributed by atoms with van der Waals surface area (Å²) in [7, 11) is -3.74. The smallest absolute Gasteiger partial charge is 0.240 e. The molecule has 6 heteroatoms. The zero-order valence-corrected chi connectivity index (χ0v) is 13.0. The topological polar surface area (TPSA) is 66.4 Å². The standard InChI is InChI=1S/C15H20FNO3S/c1-3-6-13(4-2)17-21(19,20)14-9-8-12(7-5-10-18)15(16)11-14/h8-9,11,13,17-18H,3-4,6,10H2,1-2H3. The highest BCUT2D eigenvalue weighted by Crippen LogP contribution is 2.16. The van der Waals surface area contributed by atoms with Crippen LogP contribution in [0, 0.1) is 17.7 Å². The summed E-state index contributed by atoms with van der Waals surface area (Å²) >= 11 is 0. The van der Waals surface area contributed by atoms with Gasteiger partial charge in [-0.15, -0.1) is 0 Å². The first-order valence-electron chi connectivity index (χ1n) is 6.86. The van der Waals surface area contributed by atoms with Crippen LogP contribution in [0.15, 0.2) is 23.1 Å². The van der Waals surface area contributed by atoms with E-state index in [1.807, 2.05) is 13.8 Å². The molecule has 0 fully saturated rings. The SMILES string of the molecule is CCCC(CC)NS(=O)(=O)c1ccc(C#CCO)c(F)c1. The molecule has 1 rings (SSSR count). The van der Waals surface area contributed by atoms with E-state index in [-0.39, 0.29) is 23.1 Å². The van der Waals surface area contributed by atoms with Crippen molar-refractivity contribution in [3.63, 3.8) is 0 Å². The van der Waals surface area contributed by atoms with E-state index in [1.54, 1.807) is 0 Å². The molecule has 0 saturated carbocycles. The van der Waals surface area contributed by atoms with E-state index in [4.69, 9.17) is 5.11 Å². The fourth-order valence-electron chi connectivity index (χ4n) is 1.88. The fraction of sp³-hybridized carbons (Fsp3) is 0.467. The van der Waals surface area contributed by atoms with Gasteiger partial charge in [-0.05, 0) is 31.0 Å². The molecule has 0 aromatic heterocycles. The third kappa shape index (κ3) is 5.12. The maximum atomic E-state index is 13.8. The summed E-state index contributed by atoms with van der Waals surface area (Å²) in [5.41, 5.74) is 0.0589. The van der Waals surface area contributed by atoms with Gasteiger partial charge in [0.2, 0.25) is 10.0 Å². The molecular weight excluding hydrogens is 293 g/mol. The fourth-order valence-corrected chi connectivity index (χ4v) is 3.25. The van der Waals surface area contributed by atoms with Crippen molar-refractivity contribution in [3.8, 4) is 11.8 Å². The van der Waals surface area contributed by atoms with Gasteiger partial charge in [-0.2, -0.15) is 0 Å². The van der Waals surface area contributed by atoms with Crippen molar-refractivity contribution in [2.45, 2.75) is 44.0 Å². The molecule has 0 aliphatic rings. The number of sulfonamides is 1. The van der Waals surface area contributed by atoms with Crippen LogP contribution in [0.3, 0.4) is 0 Å². The van der Waals surface area contributed by atoms with Crippen molar-refractivity contribution >= 4 is 10.0 Å². The van der Waals surface area contributed by atoms with Gasteiger partial charge in [-0.1, -0.05) is 32.1 Å². The Hall–Kier alpha value is -1.42. The number of rotatable bonds is 6. The van der Waals surface area contributed by atoms with Gasteiger partial charge in [0.25, 0.3) is 0 Å². The van der Waals surface area contributed by atoms with Crippen LogP contribution in [-0.2, 0) is 10.0 Å². The van der Waals surface area contributed by atoms with Gasteiger partial charge in [0.1, 0.15) is 12.4 Å². The summed E-state index contributed by atoms with van der Waals surface area (Å²) in [6.45, 7) is 3.50. The highest BCUT2D eigenvalue weighted by molar-refractivity contribution is 7.89. The lowest BCUT2D eigenvalue weighted by molar-refractivity contribution is 0.350. The van der Waals surface area contributed by atoms with Crippen LogP contribution in [0.4, 0.5) is 4.39 Å². The Balaban J connectivity index is 3.01. The second-order valence-electron chi connectivity index (χ2n) is 4.62. The Morgan fingerprint density at radius 3 is 2.62 bits per heavy atom. The molecule has 21 heavy (non-hydrogen) atoms. The summed E-state index contributed by atoms with van der Waals surface area (Å²) in [5, 5.41) is 8.58. The molecule has 0 amide bonds. The lowest BCUT2D eigenvalue weighted by Gasteiger charge is -2.16. The summed E-state index contributed by atoms with van der Waals surface area (Å²) in [6.07, 6.45) is 2.28. The van der Waals surface area contributed by atoms with Gasteiger partial charge >= 0.3 is 0 Å². The molecule has 0 radical (unpaired) electrons. The van der Waals surface area contributed by atoms with Gasteiger partial charge in [0, 0.05) is 6.04 Å². The number of halogens is 1. The molecule has 1 aromatic carbocycles. The van der Waals surface area contributed by atoms with Crippen LogP contribution in [0.1, 0.15) is 38.7 Å². The first-order valence-corrected chi connectivity index (χ1v) is 8.34. The van der Waals surface area contributed by atoms with Crippen molar-refractivity contribution in [1.29, 1.82) is 0 Å². The van der Waals surface area contributed by atoms with E-state index in [1.165, 1.54) is 12.1 Å². The molecule has 0 bridgehead atoms. The Morgan fingerprint density at radius 2 is 2.10 bits per heavy atom. The van der Waals surface area contributed by atoms with Crippen molar-refractivity contribution in [2.75, 3.05) is 6.61 Å². The number of aliphatic hydroxyl groups excluding tert-OH is 1. The Kier molecular flexibility index (Phi) is 6.82. The van der Waals surface area contributed by atoms with E-state index in [9.17, 15) is 12.8 Å². The van der Waals surface area contributed by atoms with Gasteiger partial charge in [-0.3, -0.25) is 0 Å². The van der Waals surface area contributed by atoms with Crippen molar-refractivity contribution in [1.82, 2.24) is 4.72 Å². The van der Waals surface area contributed by atoms with E-state index >= 15 is 0 Å². The maximum Gasteiger partial charge on any atom is 0.240 e. The molecule has 0 saturated heterocycles. The van der Waals surface area contributed by atoms with Crippen LogP contribution < -0.4 is 4.72 Å². The van der Waals surface area contributed by atoms with E-state index in [2.05, 4.69) is 16.6 Å². The highest BCUT2D eigenvalue weighted by Gasteiger charge is 2.19. The molecule has 1 atom stereocenters. The summed E-state index contributed by atoms with van der Waals surface area (Å²) in [4.78, 5) is -0.121. The highest BCUT2D eigenvalue weighted by atomic mass is 32.2. The minimum absolute atomic E-state index is 0.0589. The molecule has 1 unspecified atom stereocenters. The van der Waals surface area contributed by atoms with E-state index in [0.717, 1.165) is 18.9 Å². The summed E-state index contributed by atoms with van der Waals surface area (Å²) in [6, 6.07) is 3.40. The molecule has 0 aliphatic heterocycles. The lowest BCUT2D eigenvalue weighted by Crippen LogP contribution is -2.34. The van der Waals surface area contributed by atoms with Crippen LogP contribution in [0.2, 0.25) is 0 Å². The van der Waals surface area contributed by atoms with Gasteiger partial charge < -0.3 is 5.11 Å². The summed E-state index contributed by atoms with van der Waals surface area (Å²) < 4.78 is 40.8. The molecular formula is C15H20FNO3S. The minimum Gasteiger partial charge on any atom is -0.384 e. The molecule has 0 aliphatic carbocycles. The minimum atomic E-state index is -3.74. The monoisotopic (exact) mass is 313 g/mol. The van der Waals surface area contributed by atoms with Crippen molar-refractivity contribution in [3.05, 3.63) is 29.6 Å². The first-order chi connectivity index (χ1) is 9.94. The number of aliphatic hydroxyl groups is 1. The molecule has 1 aromatic rings. The molecule has 0 spiro atoms. The zero-order valence-electron chi connectivity index (χ0n) is 12.2. The predicted octanol–water partition coefficient (Wildman–Crippen LogP) is 2.03. The Labute approximate surface area is 125 Å². The molecule has 2 N–H and O–H groups in total. The van der Waals surface area contributed by atoms with Crippen LogP contribution >= 0.6 is 0 Å². The zero-order chi connectivity index (χ0) is 15.9. The third-order valence-electron chi connectivity index (χ3n) is 3.00. The third-order valence-corrected chi connectivity index (χ3v) is 4.52. The number of nitrogens with one attached hydrogen (secondary N) is 1. The van der Waals surface area contributed by atoms with E-state index < -0.39 is 15.8 Å². The number of benzene rings is 1. The quantitative estimate of drug-likeness (QED) is 0.790. The Morgan fingerprint density at radius 1 is 1.38 bits per heavy atom. The normalized spacial score (nSPS) is 12.6. The Bertz CT molecular complexity index is 632. The van der Waals surface area contributed by atoms with Gasteiger partial charge in [0.05, 0.1) is 10.5 Å². The van der Waals surface area contributed by atoms with Gasteiger partial charge in [0.15, 0.2) is 0 Å². The molecule has 116 valence electrons. The average Bonchev–Trinajstić information content (AvgIpc) is 2.45. The van der Waals surface area contributed by atoms with Crippen molar-refractivity contribution < 1.29 is 17.9 Å². The second-order valence-corrected chi connectivity index (χ2v) is 6.33. The molecule has 4 nitrogen and oxygen atoms in total. The summed E-state index contributed by atoms with van der Waals surface area (Å²) in [5.74, 6) is 4.03. The second kappa shape index (κ2) is 8.13. The van der Waals surface area contributed by atoms with Crippen LogP contribution in [0.25, 0.3) is 0 Å². The maximum absolute atomic E-state index is 13.8. The number of hydrogen-bond acceptors (Lipinski definition) is 3. The predicted molar refractivity (Wildman–Crippen MR) is 79.7 cm³/mol. The van der Waals surface area contributed by atoms with Crippen molar-refractivity contribution in [2.24, 2.45) is 0 Å². The largest absolute Gasteiger partial charge is 0.384 e. The number of hydrogen-bond donors (Lipinski definition) is 2.